The second-order valence-electron chi connectivity index (χ2n) is 6.48. The zero-order valence-corrected chi connectivity index (χ0v) is 16.8. The Morgan fingerprint density at radius 3 is 2.81 bits per heavy atom. The van der Waals surface area contributed by atoms with Gasteiger partial charge < -0.3 is 14.8 Å². The highest BCUT2D eigenvalue weighted by molar-refractivity contribution is 7.16. The van der Waals surface area contributed by atoms with Gasteiger partial charge in [-0.2, -0.15) is 0 Å². The SMILES string of the molecule is CCOC(=O)c1c(NC(=O)CC2OCCc3ccccc32)sc(C)c1CC. The molecule has 1 aromatic carbocycles. The van der Waals surface area contributed by atoms with Crippen molar-refractivity contribution in [2.45, 2.75) is 46.1 Å². The maximum absolute atomic E-state index is 12.7. The van der Waals surface area contributed by atoms with E-state index in [4.69, 9.17) is 9.47 Å². The van der Waals surface area contributed by atoms with Crippen molar-refractivity contribution in [3.63, 3.8) is 0 Å². The van der Waals surface area contributed by atoms with Crippen LogP contribution in [0.1, 0.15) is 58.3 Å². The van der Waals surface area contributed by atoms with E-state index in [0.717, 1.165) is 22.4 Å². The van der Waals surface area contributed by atoms with Crippen LogP contribution in [0.4, 0.5) is 5.00 Å². The number of carbonyl (C=O) groups is 2. The van der Waals surface area contributed by atoms with E-state index in [1.165, 1.54) is 16.9 Å². The highest BCUT2D eigenvalue weighted by Crippen LogP contribution is 2.35. The second kappa shape index (κ2) is 8.67. The monoisotopic (exact) mass is 387 g/mol. The van der Waals surface area contributed by atoms with Gasteiger partial charge in [0.15, 0.2) is 0 Å². The van der Waals surface area contributed by atoms with E-state index in [0.29, 0.717) is 30.2 Å². The van der Waals surface area contributed by atoms with Crippen LogP contribution in [0.2, 0.25) is 0 Å². The van der Waals surface area contributed by atoms with Crippen LogP contribution in [0.3, 0.4) is 0 Å². The van der Waals surface area contributed by atoms with Gasteiger partial charge >= 0.3 is 5.97 Å². The summed E-state index contributed by atoms with van der Waals surface area (Å²) in [7, 11) is 0. The van der Waals surface area contributed by atoms with E-state index < -0.39 is 0 Å². The Bertz CT molecular complexity index is 843. The van der Waals surface area contributed by atoms with Crippen molar-refractivity contribution in [2.24, 2.45) is 0 Å². The van der Waals surface area contributed by atoms with E-state index in [2.05, 4.69) is 11.4 Å². The molecule has 1 aliphatic heterocycles. The van der Waals surface area contributed by atoms with Crippen LogP contribution in [0.15, 0.2) is 24.3 Å². The van der Waals surface area contributed by atoms with Crippen molar-refractivity contribution in [2.75, 3.05) is 18.5 Å². The molecule has 6 heteroatoms. The molecule has 5 nitrogen and oxygen atoms in total. The Morgan fingerprint density at radius 1 is 1.30 bits per heavy atom. The maximum Gasteiger partial charge on any atom is 0.341 e. The first-order valence-corrected chi connectivity index (χ1v) is 10.1. The number of thiophene rings is 1. The Hall–Kier alpha value is -2.18. The molecular weight excluding hydrogens is 362 g/mol. The van der Waals surface area contributed by atoms with Crippen molar-refractivity contribution < 1.29 is 19.1 Å². The number of nitrogens with one attached hydrogen (secondary N) is 1. The molecule has 1 unspecified atom stereocenters. The summed E-state index contributed by atoms with van der Waals surface area (Å²) in [6.45, 7) is 6.65. The number of hydrogen-bond acceptors (Lipinski definition) is 5. The van der Waals surface area contributed by atoms with Crippen LogP contribution in [0.25, 0.3) is 0 Å². The molecular formula is C21H25NO4S. The number of fused-ring (bicyclic) bond motifs is 1. The fourth-order valence-electron chi connectivity index (χ4n) is 3.50. The number of benzene rings is 1. The summed E-state index contributed by atoms with van der Waals surface area (Å²) in [5, 5.41) is 3.49. The first-order chi connectivity index (χ1) is 13.0. The molecule has 1 aliphatic rings. The van der Waals surface area contributed by atoms with Gasteiger partial charge in [-0.15, -0.1) is 11.3 Å². The van der Waals surface area contributed by atoms with Gasteiger partial charge in [0.2, 0.25) is 5.91 Å². The van der Waals surface area contributed by atoms with Gasteiger partial charge in [-0.3, -0.25) is 4.79 Å². The van der Waals surface area contributed by atoms with E-state index in [9.17, 15) is 9.59 Å². The number of amides is 1. The van der Waals surface area contributed by atoms with Crippen LogP contribution in [-0.2, 0) is 27.1 Å². The van der Waals surface area contributed by atoms with Crippen LogP contribution in [0.5, 0.6) is 0 Å². The Morgan fingerprint density at radius 2 is 2.07 bits per heavy atom. The predicted molar refractivity (Wildman–Crippen MR) is 106 cm³/mol. The third-order valence-electron chi connectivity index (χ3n) is 4.76. The van der Waals surface area contributed by atoms with Crippen LogP contribution in [-0.4, -0.2) is 25.1 Å². The topological polar surface area (TPSA) is 64.6 Å². The van der Waals surface area contributed by atoms with Gasteiger partial charge in [0.25, 0.3) is 0 Å². The highest BCUT2D eigenvalue weighted by Gasteiger charge is 2.26. The van der Waals surface area contributed by atoms with E-state index in [1.54, 1.807) is 6.92 Å². The van der Waals surface area contributed by atoms with Crippen LogP contribution in [0, 0.1) is 6.92 Å². The van der Waals surface area contributed by atoms with Crippen molar-refractivity contribution in [3.05, 3.63) is 51.4 Å². The van der Waals surface area contributed by atoms with E-state index in [1.807, 2.05) is 32.0 Å². The van der Waals surface area contributed by atoms with Crippen LogP contribution >= 0.6 is 11.3 Å². The standard InChI is InChI=1S/C21H25NO4S/c1-4-15-13(3)27-20(19(15)21(24)25-5-2)22-18(23)12-17-16-9-7-6-8-14(16)10-11-26-17/h6-9,17H,4-5,10-12H2,1-3H3,(H,22,23). The highest BCUT2D eigenvalue weighted by atomic mass is 32.1. The lowest BCUT2D eigenvalue weighted by Gasteiger charge is -2.25. The van der Waals surface area contributed by atoms with Gasteiger partial charge in [0, 0.05) is 4.88 Å². The molecule has 0 saturated carbocycles. The molecule has 0 radical (unpaired) electrons. The Balaban J connectivity index is 1.78. The first kappa shape index (κ1) is 19.6. The fraction of sp³-hybridized carbons (Fsp3) is 0.429. The molecule has 1 aromatic heterocycles. The number of rotatable bonds is 6. The molecule has 2 aromatic rings. The summed E-state index contributed by atoms with van der Waals surface area (Å²) in [6.07, 6.45) is 1.54. The molecule has 1 atom stereocenters. The largest absolute Gasteiger partial charge is 0.462 e. The summed E-state index contributed by atoms with van der Waals surface area (Å²) >= 11 is 1.42. The average molecular weight is 388 g/mol. The van der Waals surface area contributed by atoms with Crippen LogP contribution < -0.4 is 5.32 Å². The molecule has 3 rings (SSSR count). The quantitative estimate of drug-likeness (QED) is 0.745. The molecule has 0 fully saturated rings. The Labute approximate surface area is 163 Å². The van der Waals surface area contributed by atoms with Gasteiger partial charge in [0.1, 0.15) is 5.00 Å². The molecule has 0 bridgehead atoms. The molecule has 0 aliphatic carbocycles. The Kier molecular flexibility index (Phi) is 6.29. The first-order valence-electron chi connectivity index (χ1n) is 9.33. The molecule has 0 saturated heterocycles. The van der Waals surface area contributed by atoms with Crippen molar-refractivity contribution in [3.8, 4) is 0 Å². The van der Waals surface area contributed by atoms with Crippen molar-refractivity contribution in [1.29, 1.82) is 0 Å². The summed E-state index contributed by atoms with van der Waals surface area (Å²) in [5.74, 6) is -0.542. The van der Waals surface area contributed by atoms with Gasteiger partial charge in [-0.1, -0.05) is 31.2 Å². The number of aryl methyl sites for hydroxylation is 1. The zero-order chi connectivity index (χ0) is 19.4. The lowest BCUT2D eigenvalue weighted by molar-refractivity contribution is -0.119. The molecule has 1 amide bonds. The van der Waals surface area contributed by atoms with Gasteiger partial charge in [-0.25, -0.2) is 4.79 Å². The number of carbonyl (C=O) groups excluding carboxylic acids is 2. The minimum Gasteiger partial charge on any atom is -0.462 e. The summed E-state index contributed by atoms with van der Waals surface area (Å²) in [5.41, 5.74) is 3.73. The zero-order valence-electron chi connectivity index (χ0n) is 16.0. The number of anilines is 1. The molecule has 144 valence electrons. The van der Waals surface area contributed by atoms with Crippen molar-refractivity contribution >= 4 is 28.2 Å². The van der Waals surface area contributed by atoms with E-state index >= 15 is 0 Å². The third kappa shape index (κ3) is 4.22. The molecule has 1 N–H and O–H groups in total. The minimum absolute atomic E-state index is 0.161. The second-order valence-corrected chi connectivity index (χ2v) is 7.70. The van der Waals surface area contributed by atoms with Gasteiger partial charge in [-0.05, 0) is 43.4 Å². The maximum atomic E-state index is 12.7. The molecule has 2 heterocycles. The average Bonchev–Trinajstić information content (AvgIpc) is 2.97. The molecule has 27 heavy (non-hydrogen) atoms. The number of hydrogen-bond donors (Lipinski definition) is 1. The normalized spacial score (nSPS) is 15.9. The lowest BCUT2D eigenvalue weighted by atomic mass is 9.95. The smallest absolute Gasteiger partial charge is 0.341 e. The minimum atomic E-state index is -0.381. The van der Waals surface area contributed by atoms with E-state index in [-0.39, 0.29) is 24.4 Å². The predicted octanol–water partition coefficient (Wildman–Crippen LogP) is 4.44. The van der Waals surface area contributed by atoms with Gasteiger partial charge in [0.05, 0.1) is 31.3 Å². The molecule has 0 spiro atoms. The summed E-state index contributed by atoms with van der Waals surface area (Å²) in [4.78, 5) is 26.1. The number of esters is 1. The van der Waals surface area contributed by atoms with Crippen molar-refractivity contribution in [1.82, 2.24) is 0 Å². The number of ether oxygens (including phenoxy) is 2. The summed E-state index contributed by atoms with van der Waals surface area (Å²) < 4.78 is 11.0. The third-order valence-corrected chi connectivity index (χ3v) is 5.82. The lowest BCUT2D eigenvalue weighted by Crippen LogP contribution is -2.22. The summed E-state index contributed by atoms with van der Waals surface area (Å²) in [6, 6.07) is 8.07. The fourth-order valence-corrected chi connectivity index (χ4v) is 4.65.